The predicted molar refractivity (Wildman–Crippen MR) is 94.9 cm³/mol. The topological polar surface area (TPSA) is 66.9 Å². The Morgan fingerprint density at radius 1 is 1.08 bits per heavy atom. The van der Waals surface area contributed by atoms with Crippen LogP contribution in [0.15, 0.2) is 60.9 Å². The zero-order valence-corrected chi connectivity index (χ0v) is 13.7. The van der Waals surface area contributed by atoms with Gasteiger partial charge in [-0.15, -0.1) is 0 Å². The Balaban J connectivity index is 1.64. The molecule has 5 nitrogen and oxygen atoms in total. The van der Waals surface area contributed by atoms with E-state index < -0.39 is 0 Å². The first-order valence-corrected chi connectivity index (χ1v) is 7.78. The molecule has 0 atom stereocenters. The number of aromatic nitrogens is 2. The van der Waals surface area contributed by atoms with E-state index in [9.17, 15) is 9.18 Å². The minimum atomic E-state index is -0.371. The lowest BCUT2D eigenvalue weighted by atomic mass is 10.1. The van der Waals surface area contributed by atoms with Crippen molar-refractivity contribution in [2.24, 2.45) is 0 Å². The van der Waals surface area contributed by atoms with Gasteiger partial charge in [0, 0.05) is 29.6 Å². The van der Waals surface area contributed by atoms with Crippen LogP contribution < -0.4 is 10.6 Å². The van der Waals surface area contributed by atoms with E-state index in [0.717, 1.165) is 17.1 Å². The summed E-state index contributed by atoms with van der Waals surface area (Å²) >= 11 is 0. The van der Waals surface area contributed by atoms with Crippen molar-refractivity contribution >= 4 is 17.4 Å². The largest absolute Gasteiger partial charge is 0.366 e. The third-order valence-electron chi connectivity index (χ3n) is 3.57. The Morgan fingerprint density at radius 3 is 2.64 bits per heavy atom. The molecule has 0 saturated carbocycles. The van der Waals surface area contributed by atoms with Crippen molar-refractivity contribution in [1.29, 1.82) is 0 Å². The van der Waals surface area contributed by atoms with Crippen LogP contribution in [0.25, 0.3) is 0 Å². The van der Waals surface area contributed by atoms with Gasteiger partial charge < -0.3 is 10.6 Å². The molecule has 2 aromatic carbocycles. The van der Waals surface area contributed by atoms with Gasteiger partial charge in [-0.05, 0) is 48.9 Å². The number of carbonyl (C=O) groups is 1. The molecule has 3 rings (SSSR count). The Hall–Kier alpha value is -3.28. The number of halogens is 1. The van der Waals surface area contributed by atoms with Gasteiger partial charge in [0.15, 0.2) is 0 Å². The predicted octanol–water partition coefficient (Wildman–Crippen LogP) is 3.79. The lowest BCUT2D eigenvalue weighted by molar-refractivity contribution is 0.102. The molecule has 1 aromatic heterocycles. The second-order valence-corrected chi connectivity index (χ2v) is 5.56. The first-order chi connectivity index (χ1) is 12.1. The van der Waals surface area contributed by atoms with Gasteiger partial charge in [-0.25, -0.2) is 14.4 Å². The van der Waals surface area contributed by atoms with E-state index in [1.165, 1.54) is 30.6 Å². The number of hydrogen-bond donors (Lipinski definition) is 2. The minimum Gasteiger partial charge on any atom is -0.366 e. The fraction of sp³-hybridized carbons (Fsp3) is 0.105. The number of nitrogens with zero attached hydrogens (tertiary/aromatic N) is 2. The molecule has 0 aliphatic heterocycles. The molecular formula is C19H17FN4O. The van der Waals surface area contributed by atoms with Crippen LogP contribution in [0.3, 0.4) is 0 Å². The van der Waals surface area contributed by atoms with Crippen molar-refractivity contribution in [2.45, 2.75) is 13.5 Å². The third-order valence-corrected chi connectivity index (χ3v) is 3.57. The molecule has 0 aliphatic rings. The summed E-state index contributed by atoms with van der Waals surface area (Å²) in [6.07, 6.45) is 1.51. The second kappa shape index (κ2) is 7.53. The van der Waals surface area contributed by atoms with E-state index in [2.05, 4.69) is 20.6 Å². The summed E-state index contributed by atoms with van der Waals surface area (Å²) < 4.78 is 12.9. The van der Waals surface area contributed by atoms with Gasteiger partial charge >= 0.3 is 0 Å². The molecule has 0 radical (unpaired) electrons. The normalized spacial score (nSPS) is 10.3. The maximum atomic E-state index is 12.9. The van der Waals surface area contributed by atoms with Crippen molar-refractivity contribution in [3.63, 3.8) is 0 Å². The summed E-state index contributed by atoms with van der Waals surface area (Å²) in [5, 5.41) is 6.03. The van der Waals surface area contributed by atoms with Gasteiger partial charge in [-0.2, -0.15) is 0 Å². The molecule has 6 heteroatoms. The summed E-state index contributed by atoms with van der Waals surface area (Å²) in [4.78, 5) is 20.4. The quantitative estimate of drug-likeness (QED) is 0.744. The number of amides is 1. The molecule has 3 aromatic rings. The summed E-state index contributed by atoms with van der Waals surface area (Å²) in [6.45, 7) is 2.47. The van der Waals surface area contributed by atoms with E-state index in [4.69, 9.17) is 0 Å². The van der Waals surface area contributed by atoms with Crippen molar-refractivity contribution in [3.05, 3.63) is 83.6 Å². The Bertz CT molecular complexity index is 881. The van der Waals surface area contributed by atoms with Gasteiger partial charge in [-0.3, -0.25) is 4.79 Å². The molecule has 1 heterocycles. The van der Waals surface area contributed by atoms with Crippen LogP contribution in [0.4, 0.5) is 15.9 Å². The summed E-state index contributed by atoms with van der Waals surface area (Å²) in [5.74, 6) is 0.0920. The lowest BCUT2D eigenvalue weighted by Crippen LogP contribution is -2.12. The Labute approximate surface area is 145 Å². The zero-order chi connectivity index (χ0) is 17.6. The minimum absolute atomic E-state index is 0.281. The Morgan fingerprint density at radius 2 is 1.88 bits per heavy atom. The monoisotopic (exact) mass is 336 g/mol. The van der Waals surface area contributed by atoms with Gasteiger partial charge in [0.25, 0.3) is 5.91 Å². The molecule has 0 saturated heterocycles. The van der Waals surface area contributed by atoms with Crippen LogP contribution in [-0.4, -0.2) is 15.9 Å². The molecule has 126 valence electrons. The first kappa shape index (κ1) is 16.6. The van der Waals surface area contributed by atoms with Crippen LogP contribution in [0.5, 0.6) is 0 Å². The van der Waals surface area contributed by atoms with Crippen LogP contribution in [0, 0.1) is 12.7 Å². The zero-order valence-electron chi connectivity index (χ0n) is 13.7. The molecule has 2 N–H and O–H groups in total. The highest BCUT2D eigenvalue weighted by atomic mass is 19.1. The highest BCUT2D eigenvalue weighted by Gasteiger charge is 2.06. The van der Waals surface area contributed by atoms with Crippen molar-refractivity contribution in [3.8, 4) is 0 Å². The number of nitrogens with one attached hydrogen (secondary N) is 2. The number of hydrogen-bond acceptors (Lipinski definition) is 4. The fourth-order valence-electron chi connectivity index (χ4n) is 2.31. The molecule has 25 heavy (non-hydrogen) atoms. The maximum absolute atomic E-state index is 12.9. The van der Waals surface area contributed by atoms with Crippen molar-refractivity contribution < 1.29 is 9.18 Å². The summed E-state index contributed by atoms with van der Waals surface area (Å²) in [7, 11) is 0. The molecule has 0 fully saturated rings. The van der Waals surface area contributed by atoms with E-state index in [-0.39, 0.29) is 11.7 Å². The van der Waals surface area contributed by atoms with E-state index in [1.807, 2.05) is 31.2 Å². The lowest BCUT2D eigenvalue weighted by Gasteiger charge is -2.09. The summed E-state index contributed by atoms with van der Waals surface area (Å²) in [6, 6.07) is 14.8. The second-order valence-electron chi connectivity index (χ2n) is 5.56. The number of carbonyl (C=O) groups excluding carboxylic acids is 1. The third kappa shape index (κ3) is 4.60. The highest BCUT2D eigenvalue weighted by Crippen LogP contribution is 2.14. The average Bonchev–Trinajstić information content (AvgIpc) is 2.61. The number of anilines is 2. The van der Waals surface area contributed by atoms with Crippen LogP contribution in [0.2, 0.25) is 0 Å². The van der Waals surface area contributed by atoms with Crippen molar-refractivity contribution in [1.82, 2.24) is 9.97 Å². The number of benzene rings is 2. The molecule has 0 unspecified atom stereocenters. The van der Waals surface area contributed by atoms with Gasteiger partial charge in [0.1, 0.15) is 18.0 Å². The summed E-state index contributed by atoms with van der Waals surface area (Å²) in [5.41, 5.74) is 2.96. The average molecular weight is 336 g/mol. The highest BCUT2D eigenvalue weighted by molar-refractivity contribution is 6.04. The molecule has 0 aliphatic carbocycles. The molecule has 1 amide bonds. The Kier molecular flexibility index (Phi) is 4.99. The van der Waals surface area contributed by atoms with Crippen LogP contribution in [0.1, 0.15) is 21.6 Å². The molecule has 0 spiro atoms. The van der Waals surface area contributed by atoms with Crippen LogP contribution in [-0.2, 0) is 6.54 Å². The molecule has 0 bridgehead atoms. The van der Waals surface area contributed by atoms with Gasteiger partial charge in [0.05, 0.1) is 0 Å². The smallest absolute Gasteiger partial charge is 0.255 e. The fourth-order valence-corrected chi connectivity index (χ4v) is 2.31. The van der Waals surface area contributed by atoms with E-state index in [1.54, 1.807) is 6.07 Å². The van der Waals surface area contributed by atoms with E-state index in [0.29, 0.717) is 17.8 Å². The van der Waals surface area contributed by atoms with E-state index >= 15 is 0 Å². The van der Waals surface area contributed by atoms with Crippen LogP contribution >= 0.6 is 0 Å². The number of aryl methyl sites for hydroxylation is 1. The van der Waals surface area contributed by atoms with Gasteiger partial charge in [-0.1, -0.05) is 12.1 Å². The first-order valence-electron chi connectivity index (χ1n) is 7.78. The van der Waals surface area contributed by atoms with Gasteiger partial charge in [0.2, 0.25) is 0 Å². The van der Waals surface area contributed by atoms with Crippen molar-refractivity contribution in [2.75, 3.05) is 10.6 Å². The maximum Gasteiger partial charge on any atom is 0.255 e. The molecular weight excluding hydrogens is 319 g/mol. The SMILES string of the molecule is Cc1cc(NCc2cccc(NC(=O)c3ccc(F)cc3)c2)ncn1. The number of rotatable bonds is 5. The standard InChI is InChI=1S/C19H17FN4O/c1-13-9-18(23-12-22-13)21-11-14-3-2-4-17(10-14)24-19(25)15-5-7-16(20)8-6-15/h2-10,12H,11H2,1H3,(H,24,25)(H,21,22,23).